The Morgan fingerprint density at radius 1 is 1.40 bits per heavy atom. The minimum atomic E-state index is -0.631. The monoisotopic (exact) mass is 282 g/mol. The summed E-state index contributed by atoms with van der Waals surface area (Å²) in [6.45, 7) is 5.54. The Labute approximate surface area is 118 Å². The van der Waals surface area contributed by atoms with Crippen LogP contribution in [0.3, 0.4) is 0 Å². The lowest BCUT2D eigenvalue weighted by molar-refractivity contribution is -0.152. The van der Waals surface area contributed by atoms with Crippen LogP contribution in [0.25, 0.3) is 0 Å². The van der Waals surface area contributed by atoms with Gasteiger partial charge in [0.2, 0.25) is 11.8 Å². The number of carbonyl (C=O) groups excluding carboxylic acids is 3. The van der Waals surface area contributed by atoms with Crippen molar-refractivity contribution in [1.29, 1.82) is 0 Å². The van der Waals surface area contributed by atoms with Crippen molar-refractivity contribution in [2.45, 2.75) is 33.1 Å². The Morgan fingerprint density at radius 2 is 2.05 bits per heavy atom. The van der Waals surface area contributed by atoms with E-state index in [2.05, 4.69) is 5.32 Å². The number of piperidine rings is 1. The van der Waals surface area contributed by atoms with Crippen LogP contribution in [0.5, 0.6) is 0 Å². The maximum absolute atomic E-state index is 12.5. The molecule has 6 nitrogen and oxygen atoms in total. The molecule has 0 aliphatic carbocycles. The summed E-state index contributed by atoms with van der Waals surface area (Å²) in [7, 11) is 0. The van der Waals surface area contributed by atoms with Crippen molar-refractivity contribution >= 4 is 17.8 Å². The van der Waals surface area contributed by atoms with Crippen LogP contribution in [0, 0.1) is 11.3 Å². The van der Waals surface area contributed by atoms with Crippen molar-refractivity contribution in [1.82, 2.24) is 10.2 Å². The smallest absolute Gasteiger partial charge is 0.309 e. The second-order valence-electron chi connectivity index (χ2n) is 5.83. The number of likely N-dealkylation sites (tertiary alicyclic amines) is 1. The van der Waals surface area contributed by atoms with Gasteiger partial charge in [0.05, 0.1) is 17.9 Å². The predicted octanol–water partition coefficient (Wildman–Crippen LogP) is 0.314. The largest absolute Gasteiger partial charge is 0.466 e. The molecule has 2 heterocycles. The van der Waals surface area contributed by atoms with Crippen molar-refractivity contribution < 1.29 is 19.1 Å². The van der Waals surface area contributed by atoms with Gasteiger partial charge < -0.3 is 15.0 Å². The Morgan fingerprint density at radius 3 is 2.55 bits per heavy atom. The van der Waals surface area contributed by atoms with Crippen molar-refractivity contribution in [2.24, 2.45) is 11.3 Å². The average Bonchev–Trinajstić information content (AvgIpc) is 2.79. The number of carbonyl (C=O) groups is 3. The summed E-state index contributed by atoms with van der Waals surface area (Å²) in [6.07, 6.45) is 1.54. The van der Waals surface area contributed by atoms with Crippen LogP contribution < -0.4 is 5.32 Å². The van der Waals surface area contributed by atoms with E-state index in [9.17, 15) is 14.4 Å². The van der Waals surface area contributed by atoms with Crippen LogP contribution in [0.2, 0.25) is 0 Å². The Kier molecular flexibility index (Phi) is 4.30. The zero-order valence-corrected chi connectivity index (χ0v) is 12.1. The Bertz CT molecular complexity index is 415. The van der Waals surface area contributed by atoms with Gasteiger partial charge in [-0.25, -0.2) is 0 Å². The molecule has 2 aliphatic heterocycles. The molecule has 1 N–H and O–H groups in total. The highest BCUT2D eigenvalue weighted by atomic mass is 16.5. The molecule has 0 radical (unpaired) electrons. The van der Waals surface area contributed by atoms with Crippen LogP contribution >= 0.6 is 0 Å². The Hall–Kier alpha value is -1.59. The molecule has 0 bridgehead atoms. The predicted molar refractivity (Wildman–Crippen MR) is 71.7 cm³/mol. The van der Waals surface area contributed by atoms with Crippen LogP contribution in [-0.2, 0) is 19.1 Å². The molecule has 1 atom stereocenters. The van der Waals surface area contributed by atoms with E-state index in [4.69, 9.17) is 4.74 Å². The van der Waals surface area contributed by atoms with E-state index in [0.29, 0.717) is 39.1 Å². The fourth-order valence-corrected chi connectivity index (χ4v) is 2.88. The van der Waals surface area contributed by atoms with Crippen LogP contribution in [0.15, 0.2) is 0 Å². The van der Waals surface area contributed by atoms with E-state index in [1.165, 1.54) is 0 Å². The second kappa shape index (κ2) is 5.81. The number of hydrogen-bond donors (Lipinski definition) is 1. The number of rotatable bonds is 3. The van der Waals surface area contributed by atoms with Gasteiger partial charge in [0, 0.05) is 26.1 Å². The van der Waals surface area contributed by atoms with Gasteiger partial charge in [0.1, 0.15) is 0 Å². The van der Waals surface area contributed by atoms with E-state index in [-0.39, 0.29) is 30.1 Å². The first-order chi connectivity index (χ1) is 9.46. The van der Waals surface area contributed by atoms with Crippen molar-refractivity contribution in [3.05, 3.63) is 0 Å². The number of ether oxygens (including phenoxy) is 1. The highest BCUT2D eigenvalue weighted by molar-refractivity contribution is 5.92. The molecule has 6 heteroatoms. The minimum absolute atomic E-state index is 0.0122. The summed E-state index contributed by atoms with van der Waals surface area (Å²) >= 11 is 0. The average molecular weight is 282 g/mol. The quantitative estimate of drug-likeness (QED) is 0.756. The van der Waals surface area contributed by atoms with Gasteiger partial charge >= 0.3 is 5.97 Å². The molecule has 0 spiro atoms. The summed E-state index contributed by atoms with van der Waals surface area (Å²) < 4.78 is 5.01. The zero-order valence-electron chi connectivity index (χ0n) is 12.1. The molecule has 2 fully saturated rings. The summed E-state index contributed by atoms with van der Waals surface area (Å²) in [5, 5.41) is 2.71. The molecule has 2 aliphatic rings. The summed E-state index contributed by atoms with van der Waals surface area (Å²) in [4.78, 5) is 37.2. The van der Waals surface area contributed by atoms with Gasteiger partial charge in [-0.3, -0.25) is 14.4 Å². The topological polar surface area (TPSA) is 75.7 Å². The van der Waals surface area contributed by atoms with E-state index in [0.717, 1.165) is 0 Å². The van der Waals surface area contributed by atoms with Crippen LogP contribution in [-0.4, -0.2) is 48.9 Å². The molecule has 2 saturated heterocycles. The van der Waals surface area contributed by atoms with E-state index in [1.807, 2.05) is 6.92 Å². The standard InChI is InChI=1S/C14H22N2O4/c1-3-20-12(18)10-4-6-16(7-5-10)13(19)14(2)8-11(17)15-9-14/h10H,3-9H2,1-2H3,(H,15,17). The fourth-order valence-electron chi connectivity index (χ4n) is 2.88. The van der Waals surface area contributed by atoms with Gasteiger partial charge in [-0.2, -0.15) is 0 Å². The van der Waals surface area contributed by atoms with E-state index < -0.39 is 5.41 Å². The third kappa shape index (κ3) is 2.94. The molecule has 2 amide bonds. The van der Waals surface area contributed by atoms with Crippen molar-refractivity contribution in [3.63, 3.8) is 0 Å². The lowest BCUT2D eigenvalue weighted by Crippen LogP contribution is -2.48. The highest BCUT2D eigenvalue weighted by Gasteiger charge is 2.44. The Balaban J connectivity index is 1.89. The number of nitrogens with zero attached hydrogens (tertiary/aromatic N) is 1. The van der Waals surface area contributed by atoms with Gasteiger partial charge in [-0.15, -0.1) is 0 Å². The lowest BCUT2D eigenvalue weighted by atomic mass is 9.86. The molecule has 20 heavy (non-hydrogen) atoms. The number of nitrogens with one attached hydrogen (secondary N) is 1. The van der Waals surface area contributed by atoms with Gasteiger partial charge in [0.25, 0.3) is 0 Å². The molecule has 0 aromatic carbocycles. The van der Waals surface area contributed by atoms with E-state index >= 15 is 0 Å². The first-order valence-electron chi connectivity index (χ1n) is 7.19. The van der Waals surface area contributed by atoms with Gasteiger partial charge in [-0.1, -0.05) is 0 Å². The van der Waals surface area contributed by atoms with Crippen molar-refractivity contribution in [2.75, 3.05) is 26.2 Å². The number of hydrogen-bond acceptors (Lipinski definition) is 4. The fraction of sp³-hybridized carbons (Fsp3) is 0.786. The molecule has 0 aromatic rings. The van der Waals surface area contributed by atoms with Crippen molar-refractivity contribution in [3.8, 4) is 0 Å². The minimum Gasteiger partial charge on any atom is -0.466 e. The molecular weight excluding hydrogens is 260 g/mol. The van der Waals surface area contributed by atoms with E-state index in [1.54, 1.807) is 11.8 Å². The molecule has 0 saturated carbocycles. The summed E-state index contributed by atoms with van der Waals surface area (Å²) in [5.74, 6) is -0.320. The number of amides is 2. The molecule has 112 valence electrons. The second-order valence-corrected chi connectivity index (χ2v) is 5.83. The van der Waals surface area contributed by atoms with Crippen LogP contribution in [0.4, 0.5) is 0 Å². The molecule has 1 unspecified atom stereocenters. The normalized spacial score (nSPS) is 27.3. The molecular formula is C14H22N2O4. The summed E-state index contributed by atoms with van der Waals surface area (Å²) in [6, 6.07) is 0. The highest BCUT2D eigenvalue weighted by Crippen LogP contribution is 2.30. The van der Waals surface area contributed by atoms with Crippen LogP contribution in [0.1, 0.15) is 33.1 Å². The zero-order chi connectivity index (χ0) is 14.8. The summed E-state index contributed by atoms with van der Waals surface area (Å²) in [5.41, 5.74) is -0.631. The first kappa shape index (κ1) is 14.8. The maximum atomic E-state index is 12.5. The lowest BCUT2D eigenvalue weighted by Gasteiger charge is -2.35. The van der Waals surface area contributed by atoms with Gasteiger partial charge in [-0.05, 0) is 26.7 Å². The maximum Gasteiger partial charge on any atom is 0.309 e. The first-order valence-corrected chi connectivity index (χ1v) is 7.19. The molecule has 0 aromatic heterocycles. The number of esters is 1. The van der Waals surface area contributed by atoms with Gasteiger partial charge in [0.15, 0.2) is 0 Å². The molecule has 2 rings (SSSR count). The third-order valence-corrected chi connectivity index (χ3v) is 4.14. The third-order valence-electron chi connectivity index (χ3n) is 4.14. The SMILES string of the molecule is CCOC(=O)C1CCN(C(=O)C2(C)CNC(=O)C2)CC1.